The molecule has 0 atom stereocenters. The molecule has 0 saturated heterocycles. The molecule has 0 amide bonds. The summed E-state index contributed by atoms with van der Waals surface area (Å²) < 4.78 is 1.09. The highest BCUT2D eigenvalue weighted by Gasteiger charge is 2.28. The standard InChI is InChI=1S/C28H36N6S2/c1-5-34(3)15-14-30-21-12-9-13-22(16-21)32-28-31-18-19(2)25(33-28)26-24(20-10-7-6-8-11-20)23(17-29)27(35-4)36-26/h9,12-13,16,18,20,30H,5-8,10-11,14-15H2,1-4H3,(H,31,32,33). The molecule has 36 heavy (non-hydrogen) atoms. The first-order chi connectivity index (χ1) is 17.5. The number of aryl methyl sites for hydroxylation is 1. The van der Waals surface area contributed by atoms with Crippen molar-refractivity contribution in [2.24, 2.45) is 0 Å². The average molecular weight is 521 g/mol. The van der Waals surface area contributed by atoms with Crippen molar-refractivity contribution in [2.45, 2.75) is 56.1 Å². The van der Waals surface area contributed by atoms with Gasteiger partial charge in [0.25, 0.3) is 0 Å². The number of nitrogens with one attached hydrogen (secondary N) is 2. The van der Waals surface area contributed by atoms with Gasteiger partial charge in [-0.25, -0.2) is 9.97 Å². The molecule has 2 aromatic heterocycles. The van der Waals surface area contributed by atoms with Crippen LogP contribution in [0.1, 0.15) is 61.6 Å². The Labute approximate surface area is 223 Å². The fourth-order valence-electron chi connectivity index (χ4n) is 4.75. The maximum absolute atomic E-state index is 10.1. The minimum atomic E-state index is 0.431. The van der Waals surface area contributed by atoms with Gasteiger partial charge in [0, 0.05) is 30.7 Å². The van der Waals surface area contributed by atoms with Gasteiger partial charge in [-0.05, 0) is 74.9 Å². The number of anilines is 3. The summed E-state index contributed by atoms with van der Waals surface area (Å²) in [6.07, 6.45) is 9.99. The van der Waals surface area contributed by atoms with E-state index >= 15 is 0 Å². The first-order valence-electron chi connectivity index (χ1n) is 12.8. The van der Waals surface area contributed by atoms with Gasteiger partial charge in [-0.3, -0.25) is 0 Å². The Morgan fingerprint density at radius 1 is 1.22 bits per heavy atom. The van der Waals surface area contributed by atoms with E-state index in [1.165, 1.54) is 24.8 Å². The zero-order chi connectivity index (χ0) is 25.5. The zero-order valence-electron chi connectivity index (χ0n) is 21.7. The van der Waals surface area contributed by atoms with Crippen LogP contribution < -0.4 is 10.6 Å². The number of thiophene rings is 1. The number of thioether (sulfide) groups is 1. The maximum Gasteiger partial charge on any atom is 0.227 e. The van der Waals surface area contributed by atoms with E-state index in [1.807, 2.05) is 18.3 Å². The minimum Gasteiger partial charge on any atom is -0.384 e. The molecule has 0 bridgehead atoms. The second-order valence-electron chi connectivity index (χ2n) is 9.41. The van der Waals surface area contributed by atoms with Crippen LogP contribution in [0.15, 0.2) is 34.7 Å². The first kappa shape index (κ1) is 26.5. The Morgan fingerprint density at radius 2 is 2.00 bits per heavy atom. The summed E-state index contributed by atoms with van der Waals surface area (Å²) in [4.78, 5) is 13.0. The summed E-state index contributed by atoms with van der Waals surface area (Å²) in [7, 11) is 2.13. The van der Waals surface area contributed by atoms with E-state index in [0.29, 0.717) is 11.9 Å². The second-order valence-corrected chi connectivity index (χ2v) is 11.5. The summed E-state index contributed by atoms with van der Waals surface area (Å²) in [5, 5.41) is 17.0. The van der Waals surface area contributed by atoms with Crippen LogP contribution in [0.3, 0.4) is 0 Å². The van der Waals surface area contributed by atoms with E-state index in [1.54, 1.807) is 23.1 Å². The van der Waals surface area contributed by atoms with Gasteiger partial charge in [-0.2, -0.15) is 5.26 Å². The summed E-state index contributed by atoms with van der Waals surface area (Å²) in [6.45, 7) is 7.15. The van der Waals surface area contributed by atoms with Gasteiger partial charge in [0.2, 0.25) is 5.95 Å². The third-order valence-electron chi connectivity index (χ3n) is 6.89. The second kappa shape index (κ2) is 12.6. The molecule has 1 saturated carbocycles. The molecule has 6 nitrogen and oxygen atoms in total. The molecule has 1 aromatic carbocycles. The van der Waals surface area contributed by atoms with Gasteiger partial charge in [0.15, 0.2) is 0 Å². The molecule has 190 valence electrons. The summed E-state index contributed by atoms with van der Waals surface area (Å²) in [5.74, 6) is 1.01. The molecular formula is C28H36N6S2. The minimum absolute atomic E-state index is 0.431. The van der Waals surface area contributed by atoms with Gasteiger partial charge < -0.3 is 15.5 Å². The monoisotopic (exact) mass is 520 g/mol. The van der Waals surface area contributed by atoms with Crippen molar-refractivity contribution in [3.8, 4) is 16.6 Å². The van der Waals surface area contributed by atoms with Gasteiger partial charge in [-0.15, -0.1) is 23.1 Å². The highest BCUT2D eigenvalue weighted by molar-refractivity contribution is 8.00. The number of likely N-dealkylation sites (N-methyl/N-ethyl adjacent to an activating group) is 1. The number of nitrogens with zero attached hydrogens (tertiary/aromatic N) is 4. The third-order valence-corrected chi connectivity index (χ3v) is 9.22. The summed E-state index contributed by atoms with van der Waals surface area (Å²) >= 11 is 3.38. The molecule has 0 radical (unpaired) electrons. The lowest BCUT2D eigenvalue weighted by atomic mass is 9.82. The predicted octanol–water partition coefficient (Wildman–Crippen LogP) is 7.26. The summed E-state index contributed by atoms with van der Waals surface area (Å²) in [6, 6.07) is 10.8. The number of hydrogen-bond acceptors (Lipinski definition) is 8. The molecule has 3 aromatic rings. The van der Waals surface area contributed by atoms with Crippen molar-refractivity contribution in [2.75, 3.05) is 43.6 Å². The summed E-state index contributed by atoms with van der Waals surface area (Å²) in [5.41, 5.74) is 6.05. The van der Waals surface area contributed by atoms with Crippen LogP contribution in [-0.2, 0) is 0 Å². The number of hydrogen-bond donors (Lipinski definition) is 2. The van der Waals surface area contributed by atoms with Crippen LogP contribution in [0.2, 0.25) is 0 Å². The maximum atomic E-state index is 10.1. The van der Waals surface area contributed by atoms with Crippen LogP contribution in [0.4, 0.5) is 17.3 Å². The average Bonchev–Trinajstić information content (AvgIpc) is 3.29. The molecule has 1 aliphatic rings. The Balaban J connectivity index is 1.61. The zero-order valence-corrected chi connectivity index (χ0v) is 23.4. The van der Waals surface area contributed by atoms with Crippen LogP contribution in [0, 0.1) is 18.3 Å². The van der Waals surface area contributed by atoms with Gasteiger partial charge in [0.05, 0.1) is 20.3 Å². The van der Waals surface area contributed by atoms with Crippen LogP contribution in [0.25, 0.3) is 10.6 Å². The molecule has 0 unspecified atom stereocenters. The molecule has 2 N–H and O–H groups in total. The molecule has 2 heterocycles. The molecular weight excluding hydrogens is 484 g/mol. The van der Waals surface area contributed by atoms with Crippen molar-refractivity contribution in [3.05, 3.63) is 47.2 Å². The number of nitriles is 1. The fraction of sp³-hybridized carbons (Fsp3) is 0.464. The number of benzene rings is 1. The molecule has 1 aliphatic carbocycles. The van der Waals surface area contributed by atoms with Crippen molar-refractivity contribution >= 4 is 40.4 Å². The van der Waals surface area contributed by atoms with E-state index in [9.17, 15) is 5.26 Å². The predicted molar refractivity (Wildman–Crippen MR) is 154 cm³/mol. The Hall–Kier alpha value is -2.60. The molecule has 0 spiro atoms. The highest BCUT2D eigenvalue weighted by atomic mass is 32.2. The third kappa shape index (κ3) is 6.20. The lowest BCUT2D eigenvalue weighted by Crippen LogP contribution is -2.24. The van der Waals surface area contributed by atoms with Crippen molar-refractivity contribution in [1.29, 1.82) is 5.26 Å². The van der Waals surface area contributed by atoms with E-state index in [0.717, 1.165) is 69.8 Å². The number of rotatable bonds is 10. The van der Waals surface area contributed by atoms with Crippen LogP contribution >= 0.6 is 23.1 Å². The van der Waals surface area contributed by atoms with Crippen LogP contribution in [-0.4, -0.2) is 47.8 Å². The number of aromatic nitrogens is 2. The van der Waals surface area contributed by atoms with Crippen molar-refractivity contribution < 1.29 is 0 Å². The first-order valence-corrected chi connectivity index (χ1v) is 14.8. The normalized spacial score (nSPS) is 14.1. The van der Waals surface area contributed by atoms with Gasteiger partial charge in [-0.1, -0.05) is 32.3 Å². The Bertz CT molecular complexity index is 1210. The Kier molecular flexibility index (Phi) is 9.24. The SMILES string of the molecule is CCN(C)CCNc1cccc(Nc2ncc(C)c(-c3sc(SC)c(C#N)c3C3CCCCC3)n2)c1. The topological polar surface area (TPSA) is 76.9 Å². The lowest BCUT2D eigenvalue weighted by molar-refractivity contribution is 0.367. The highest BCUT2D eigenvalue weighted by Crippen LogP contribution is 2.48. The van der Waals surface area contributed by atoms with E-state index < -0.39 is 0 Å². The smallest absolute Gasteiger partial charge is 0.227 e. The van der Waals surface area contributed by atoms with Crippen molar-refractivity contribution in [1.82, 2.24) is 14.9 Å². The quantitative estimate of drug-likeness (QED) is 0.272. The van der Waals surface area contributed by atoms with Gasteiger partial charge >= 0.3 is 0 Å². The van der Waals surface area contributed by atoms with Crippen molar-refractivity contribution in [3.63, 3.8) is 0 Å². The molecule has 1 fully saturated rings. The van der Waals surface area contributed by atoms with E-state index in [-0.39, 0.29) is 0 Å². The Morgan fingerprint density at radius 3 is 2.72 bits per heavy atom. The largest absolute Gasteiger partial charge is 0.384 e. The lowest BCUT2D eigenvalue weighted by Gasteiger charge is -2.23. The van der Waals surface area contributed by atoms with E-state index in [2.05, 4.69) is 65.9 Å². The fourth-order valence-corrected chi connectivity index (χ4v) is 6.81. The molecule has 0 aliphatic heterocycles. The van der Waals surface area contributed by atoms with Crippen LogP contribution in [0.5, 0.6) is 0 Å². The molecule has 4 rings (SSSR count). The van der Waals surface area contributed by atoms with Gasteiger partial charge in [0.1, 0.15) is 6.07 Å². The van der Waals surface area contributed by atoms with E-state index in [4.69, 9.17) is 4.98 Å². The molecule has 8 heteroatoms.